The summed E-state index contributed by atoms with van der Waals surface area (Å²) >= 11 is 0. The van der Waals surface area contributed by atoms with Gasteiger partial charge >= 0.3 is 6.09 Å². The lowest BCUT2D eigenvalue weighted by Gasteiger charge is -2.31. The van der Waals surface area contributed by atoms with Gasteiger partial charge in [0.1, 0.15) is 0 Å². The van der Waals surface area contributed by atoms with E-state index in [4.69, 9.17) is 10.5 Å². The van der Waals surface area contributed by atoms with E-state index in [0.29, 0.717) is 12.5 Å². The van der Waals surface area contributed by atoms with Gasteiger partial charge in [0, 0.05) is 12.5 Å². The number of nitrogens with two attached hydrogens (primary N) is 1. The van der Waals surface area contributed by atoms with Crippen LogP contribution in [0.2, 0.25) is 25.7 Å². The van der Waals surface area contributed by atoms with Crippen LogP contribution in [0.1, 0.15) is 13.3 Å². The van der Waals surface area contributed by atoms with E-state index in [1.165, 1.54) is 0 Å². The third-order valence-electron chi connectivity index (χ3n) is 1.65. The van der Waals surface area contributed by atoms with Crippen LogP contribution in [0.5, 0.6) is 0 Å². The molecule has 1 amide bonds. The van der Waals surface area contributed by atoms with E-state index in [-0.39, 0.29) is 0 Å². The lowest BCUT2D eigenvalue weighted by atomic mass is 10.2. The van der Waals surface area contributed by atoms with E-state index in [1.807, 2.05) is 0 Å². The van der Waals surface area contributed by atoms with Gasteiger partial charge in [0.25, 0.3) is 0 Å². The highest BCUT2D eigenvalue weighted by Crippen LogP contribution is 2.25. The van der Waals surface area contributed by atoms with Crippen LogP contribution in [-0.2, 0) is 4.74 Å². The number of ether oxygens (including phenoxy) is 1. The molecule has 0 heterocycles. The molecule has 1 unspecified atom stereocenters. The zero-order valence-electron chi connectivity index (χ0n) is 8.76. The van der Waals surface area contributed by atoms with Gasteiger partial charge in [-0.15, -0.1) is 0 Å². The van der Waals surface area contributed by atoms with Crippen molar-refractivity contribution in [3.05, 3.63) is 0 Å². The van der Waals surface area contributed by atoms with Crippen LogP contribution in [0.15, 0.2) is 0 Å². The van der Waals surface area contributed by atoms with Crippen molar-refractivity contribution in [3.63, 3.8) is 0 Å². The fraction of sp³-hybridized carbons (Fsp3) is 0.875. The molecule has 0 aromatic rings. The number of aliphatic hydroxyl groups is 1. The molecule has 3 N–H and O–H groups in total. The van der Waals surface area contributed by atoms with Crippen molar-refractivity contribution in [2.45, 2.75) is 44.8 Å². The van der Waals surface area contributed by atoms with E-state index in [2.05, 4.69) is 19.6 Å². The number of rotatable bonds is 4. The smallest absolute Gasteiger partial charge is 0.406 e. The molecule has 0 fully saturated rings. The van der Waals surface area contributed by atoms with Crippen LogP contribution in [-0.4, -0.2) is 25.1 Å². The molecule has 0 aliphatic rings. The monoisotopic (exact) mass is 205 g/mol. The topological polar surface area (TPSA) is 72.6 Å². The molecule has 0 radical (unpaired) electrons. The molecular formula is C8H19NO3Si. The van der Waals surface area contributed by atoms with Gasteiger partial charge in [-0.2, -0.15) is 0 Å². The number of amides is 1. The first-order valence-electron chi connectivity index (χ1n) is 4.39. The maximum atomic E-state index is 10.5. The minimum atomic E-state index is -1.46. The van der Waals surface area contributed by atoms with Crippen molar-refractivity contribution >= 4 is 14.2 Å². The summed E-state index contributed by atoms with van der Waals surface area (Å²) in [6.07, 6.45) is -0.539. The van der Waals surface area contributed by atoms with Gasteiger partial charge in [0.15, 0.2) is 0 Å². The SMILES string of the molecule is CCC(O)(C[Si](C)(C)C)OC(N)=O. The molecule has 0 aromatic carbocycles. The Morgan fingerprint density at radius 3 is 2.23 bits per heavy atom. The summed E-state index contributed by atoms with van der Waals surface area (Å²) in [5.74, 6) is -1.36. The van der Waals surface area contributed by atoms with Crippen LogP contribution < -0.4 is 5.73 Å². The maximum absolute atomic E-state index is 10.5. The van der Waals surface area contributed by atoms with E-state index in [1.54, 1.807) is 6.92 Å². The predicted octanol–water partition coefficient (Wildman–Crippen LogP) is 1.52. The minimum Gasteiger partial charge on any atom is -0.418 e. The summed E-state index contributed by atoms with van der Waals surface area (Å²) in [5, 5.41) is 9.84. The zero-order valence-corrected chi connectivity index (χ0v) is 9.76. The highest BCUT2D eigenvalue weighted by molar-refractivity contribution is 6.76. The quantitative estimate of drug-likeness (QED) is 0.540. The second-order valence-electron chi connectivity index (χ2n) is 4.46. The third-order valence-corrected chi connectivity index (χ3v) is 3.26. The summed E-state index contributed by atoms with van der Waals surface area (Å²) in [6.45, 7) is 8.05. The Labute approximate surface area is 80.1 Å². The van der Waals surface area contributed by atoms with Crippen molar-refractivity contribution < 1.29 is 14.6 Å². The second-order valence-corrected chi connectivity index (χ2v) is 9.93. The maximum Gasteiger partial charge on any atom is 0.406 e. The first-order valence-corrected chi connectivity index (χ1v) is 8.10. The van der Waals surface area contributed by atoms with Gasteiger partial charge in [-0.3, -0.25) is 0 Å². The Morgan fingerprint density at radius 2 is 2.00 bits per heavy atom. The first kappa shape index (κ1) is 12.4. The van der Waals surface area contributed by atoms with E-state index < -0.39 is 20.0 Å². The standard InChI is InChI=1S/C8H19NO3Si/c1-5-8(11,12-7(9)10)6-13(2,3)4/h11H,5-6H2,1-4H3,(H2,9,10). The molecule has 0 aromatic heterocycles. The van der Waals surface area contributed by atoms with E-state index in [0.717, 1.165) is 0 Å². The molecule has 0 spiro atoms. The average molecular weight is 205 g/mol. The molecule has 0 bridgehead atoms. The van der Waals surface area contributed by atoms with Gasteiger partial charge in [-0.25, -0.2) is 4.79 Å². The molecule has 0 rings (SSSR count). The molecule has 5 heteroatoms. The fourth-order valence-electron chi connectivity index (χ4n) is 1.25. The Morgan fingerprint density at radius 1 is 1.54 bits per heavy atom. The molecule has 78 valence electrons. The number of hydrogen-bond donors (Lipinski definition) is 2. The van der Waals surface area contributed by atoms with Crippen LogP contribution in [0.3, 0.4) is 0 Å². The largest absolute Gasteiger partial charge is 0.418 e. The summed E-state index contributed by atoms with van der Waals surface area (Å²) in [7, 11) is -1.46. The Hall–Kier alpha value is -0.553. The number of hydrogen-bond acceptors (Lipinski definition) is 3. The Balaban J connectivity index is 4.36. The third kappa shape index (κ3) is 5.65. The Kier molecular flexibility index (Phi) is 3.93. The first-order chi connectivity index (χ1) is 5.68. The number of carbonyl (C=O) groups excluding carboxylic acids is 1. The molecule has 0 aliphatic carbocycles. The molecule has 0 saturated carbocycles. The van der Waals surface area contributed by atoms with Gasteiger partial charge in [-0.05, 0) is 0 Å². The van der Waals surface area contributed by atoms with Crippen LogP contribution in [0.25, 0.3) is 0 Å². The van der Waals surface area contributed by atoms with Crippen LogP contribution in [0.4, 0.5) is 4.79 Å². The lowest BCUT2D eigenvalue weighted by Crippen LogP contribution is -2.42. The van der Waals surface area contributed by atoms with Gasteiger partial charge in [0.2, 0.25) is 5.79 Å². The molecule has 4 nitrogen and oxygen atoms in total. The second kappa shape index (κ2) is 4.10. The minimum absolute atomic E-state index is 0.375. The van der Waals surface area contributed by atoms with Crippen molar-refractivity contribution in [1.29, 1.82) is 0 Å². The average Bonchev–Trinajstić information content (AvgIpc) is 1.81. The number of primary amides is 1. The summed E-state index contributed by atoms with van der Waals surface area (Å²) in [4.78, 5) is 10.5. The van der Waals surface area contributed by atoms with Crippen molar-refractivity contribution in [2.24, 2.45) is 5.73 Å². The van der Waals surface area contributed by atoms with Gasteiger partial charge in [0.05, 0.1) is 8.07 Å². The predicted molar refractivity (Wildman–Crippen MR) is 54.1 cm³/mol. The number of carbonyl (C=O) groups is 1. The van der Waals surface area contributed by atoms with Crippen LogP contribution >= 0.6 is 0 Å². The molecule has 0 saturated heterocycles. The van der Waals surface area contributed by atoms with Crippen molar-refractivity contribution in [3.8, 4) is 0 Å². The highest BCUT2D eigenvalue weighted by atomic mass is 28.3. The molecule has 1 atom stereocenters. The summed E-state index contributed by atoms with van der Waals surface area (Å²) < 4.78 is 4.69. The lowest BCUT2D eigenvalue weighted by molar-refractivity contribution is -0.146. The molecular weight excluding hydrogens is 186 g/mol. The fourth-order valence-corrected chi connectivity index (χ4v) is 3.23. The zero-order chi connectivity index (χ0) is 10.7. The van der Waals surface area contributed by atoms with Gasteiger partial charge < -0.3 is 15.6 Å². The highest BCUT2D eigenvalue weighted by Gasteiger charge is 2.34. The summed E-state index contributed by atoms with van der Waals surface area (Å²) in [6, 6.07) is 0.513. The summed E-state index contributed by atoms with van der Waals surface area (Å²) in [5.41, 5.74) is 4.87. The Bertz CT molecular complexity index is 190. The molecule has 0 aliphatic heterocycles. The molecule has 13 heavy (non-hydrogen) atoms. The van der Waals surface area contributed by atoms with Crippen LogP contribution in [0, 0.1) is 0 Å². The van der Waals surface area contributed by atoms with Crippen molar-refractivity contribution in [2.75, 3.05) is 0 Å². The van der Waals surface area contributed by atoms with Crippen molar-refractivity contribution in [1.82, 2.24) is 0 Å². The van der Waals surface area contributed by atoms with E-state index in [9.17, 15) is 9.90 Å². The normalized spacial score (nSPS) is 16.4. The van der Waals surface area contributed by atoms with E-state index >= 15 is 0 Å². The van der Waals surface area contributed by atoms with Gasteiger partial charge in [-0.1, -0.05) is 26.6 Å².